The highest BCUT2D eigenvalue weighted by Gasteiger charge is 2.28. The van der Waals surface area contributed by atoms with Gasteiger partial charge in [-0.3, -0.25) is 4.79 Å². The van der Waals surface area contributed by atoms with Crippen LogP contribution in [0.5, 0.6) is 5.75 Å². The summed E-state index contributed by atoms with van der Waals surface area (Å²) in [6.45, 7) is 6.40. The summed E-state index contributed by atoms with van der Waals surface area (Å²) in [6, 6.07) is 16.2. The third-order valence-corrected chi connectivity index (χ3v) is 6.63. The summed E-state index contributed by atoms with van der Waals surface area (Å²) in [7, 11) is 0. The molecule has 3 heterocycles. The molecule has 6 heteroatoms. The lowest BCUT2D eigenvalue weighted by Gasteiger charge is -2.29. The molecule has 0 bridgehead atoms. The van der Waals surface area contributed by atoms with Gasteiger partial charge in [0.1, 0.15) is 11.9 Å². The molecule has 5 rings (SSSR count). The van der Waals surface area contributed by atoms with Crippen molar-refractivity contribution in [2.24, 2.45) is 0 Å². The average Bonchev–Trinajstić information content (AvgIpc) is 3.28. The van der Waals surface area contributed by atoms with E-state index in [0.29, 0.717) is 18.7 Å². The lowest BCUT2D eigenvalue weighted by Crippen LogP contribution is -2.36. The summed E-state index contributed by atoms with van der Waals surface area (Å²) in [5, 5.41) is 4.15. The van der Waals surface area contributed by atoms with Gasteiger partial charge in [-0.15, -0.1) is 0 Å². The maximum absolute atomic E-state index is 13.5. The van der Waals surface area contributed by atoms with Gasteiger partial charge in [-0.1, -0.05) is 17.7 Å². The zero-order valence-corrected chi connectivity index (χ0v) is 18.4. The Morgan fingerprint density at radius 2 is 1.87 bits per heavy atom. The van der Waals surface area contributed by atoms with Crippen molar-refractivity contribution in [2.75, 3.05) is 37.7 Å². The highest BCUT2D eigenvalue weighted by Crippen LogP contribution is 2.33. The largest absolute Gasteiger partial charge is 0.483 e. The van der Waals surface area contributed by atoms with Gasteiger partial charge in [-0.25, -0.2) is 0 Å². The monoisotopic (exact) mass is 434 g/mol. The number of carbonyl (C=O) groups excluding carboxylic acids is 1. The van der Waals surface area contributed by atoms with Gasteiger partial charge in [0.2, 0.25) is 0 Å². The third kappa shape index (κ3) is 4.31. The first-order chi connectivity index (χ1) is 15.2. The van der Waals surface area contributed by atoms with E-state index in [-0.39, 0.29) is 12.0 Å². The van der Waals surface area contributed by atoms with Crippen LogP contribution in [0.25, 0.3) is 0 Å². The second-order valence-corrected chi connectivity index (χ2v) is 8.89. The Morgan fingerprint density at radius 3 is 2.61 bits per heavy atom. The Kier molecular flexibility index (Phi) is 5.66. The number of nitrogens with zero attached hydrogens (tertiary/aromatic N) is 2. The lowest BCUT2D eigenvalue weighted by molar-refractivity contribution is 0.0677. The molecule has 1 aromatic heterocycles. The van der Waals surface area contributed by atoms with Crippen molar-refractivity contribution >= 4 is 22.9 Å². The maximum Gasteiger partial charge on any atom is 0.254 e. The molecule has 1 saturated heterocycles. The van der Waals surface area contributed by atoms with E-state index in [1.54, 1.807) is 11.3 Å². The molecule has 0 aliphatic carbocycles. The Labute approximate surface area is 186 Å². The molecule has 3 aromatic rings. The van der Waals surface area contributed by atoms with Crippen LogP contribution in [-0.4, -0.2) is 43.7 Å². The standard InChI is InChI=1S/C25H26N2O3S/c1-18-2-7-23-21(14-18)15-27(16-24(30-23)20-8-13-31-17-20)25(28)19-3-5-22(6-4-19)26-9-11-29-12-10-26/h2-8,13-14,17,24H,9-12,15-16H2,1H3. The van der Waals surface area contributed by atoms with Crippen LogP contribution in [0.2, 0.25) is 0 Å². The fourth-order valence-electron chi connectivity index (χ4n) is 4.21. The first kappa shape index (κ1) is 20.1. The van der Waals surface area contributed by atoms with Crippen LogP contribution in [-0.2, 0) is 11.3 Å². The van der Waals surface area contributed by atoms with Gasteiger partial charge < -0.3 is 19.3 Å². The van der Waals surface area contributed by atoms with Gasteiger partial charge in [0.05, 0.1) is 19.8 Å². The molecular weight excluding hydrogens is 408 g/mol. The number of ether oxygens (including phenoxy) is 2. The second kappa shape index (κ2) is 8.73. The molecule has 1 fully saturated rings. The van der Waals surface area contributed by atoms with E-state index in [1.807, 2.05) is 35.2 Å². The van der Waals surface area contributed by atoms with Crippen LogP contribution in [0.3, 0.4) is 0 Å². The highest BCUT2D eigenvalue weighted by atomic mass is 32.1. The number of hydrogen-bond donors (Lipinski definition) is 0. The smallest absolute Gasteiger partial charge is 0.254 e. The van der Waals surface area contributed by atoms with Crippen LogP contribution < -0.4 is 9.64 Å². The van der Waals surface area contributed by atoms with Gasteiger partial charge >= 0.3 is 0 Å². The van der Waals surface area contributed by atoms with Crippen molar-refractivity contribution in [1.29, 1.82) is 0 Å². The Bertz CT molecular complexity index is 1040. The number of anilines is 1. The number of thiophene rings is 1. The number of morpholine rings is 1. The van der Waals surface area contributed by atoms with Gasteiger partial charge in [-0.05, 0) is 54.1 Å². The van der Waals surface area contributed by atoms with E-state index < -0.39 is 0 Å². The fourth-order valence-corrected chi connectivity index (χ4v) is 4.91. The van der Waals surface area contributed by atoms with Gasteiger partial charge in [0.15, 0.2) is 0 Å². The molecule has 1 atom stereocenters. The van der Waals surface area contributed by atoms with Crippen molar-refractivity contribution in [2.45, 2.75) is 19.6 Å². The Hall–Kier alpha value is -2.83. The SMILES string of the molecule is Cc1ccc2c(c1)CN(C(=O)c1ccc(N3CCOCC3)cc1)CC(c1ccsc1)O2. The number of hydrogen-bond acceptors (Lipinski definition) is 5. The Morgan fingerprint density at radius 1 is 1.06 bits per heavy atom. The number of aryl methyl sites for hydroxylation is 1. The topological polar surface area (TPSA) is 42.0 Å². The predicted molar refractivity (Wildman–Crippen MR) is 123 cm³/mol. The molecule has 31 heavy (non-hydrogen) atoms. The molecule has 2 aromatic carbocycles. The summed E-state index contributed by atoms with van der Waals surface area (Å²) in [5.41, 5.74) is 5.17. The first-order valence-electron chi connectivity index (χ1n) is 10.7. The van der Waals surface area contributed by atoms with E-state index in [9.17, 15) is 4.79 Å². The number of carbonyl (C=O) groups is 1. The van der Waals surface area contributed by atoms with E-state index >= 15 is 0 Å². The number of fused-ring (bicyclic) bond motifs is 1. The van der Waals surface area contributed by atoms with Crippen molar-refractivity contribution in [3.63, 3.8) is 0 Å². The second-order valence-electron chi connectivity index (χ2n) is 8.11. The van der Waals surface area contributed by atoms with Gasteiger partial charge in [0, 0.05) is 42.0 Å². The molecule has 0 saturated carbocycles. The maximum atomic E-state index is 13.5. The molecule has 1 amide bonds. The van der Waals surface area contributed by atoms with Gasteiger partial charge in [-0.2, -0.15) is 11.3 Å². The Balaban J connectivity index is 1.41. The predicted octanol–water partition coefficient (Wildman–Crippen LogP) is 4.67. The minimum absolute atomic E-state index is 0.0340. The highest BCUT2D eigenvalue weighted by molar-refractivity contribution is 7.07. The van der Waals surface area contributed by atoms with Crippen LogP contribution in [0.4, 0.5) is 5.69 Å². The molecule has 0 N–H and O–H groups in total. The van der Waals surface area contributed by atoms with E-state index in [0.717, 1.165) is 48.9 Å². The van der Waals surface area contributed by atoms with Crippen molar-refractivity contribution in [1.82, 2.24) is 4.90 Å². The zero-order valence-electron chi connectivity index (χ0n) is 17.6. The summed E-state index contributed by atoms with van der Waals surface area (Å²) in [5.74, 6) is 0.895. The average molecular weight is 435 g/mol. The zero-order chi connectivity index (χ0) is 21.2. The first-order valence-corrected chi connectivity index (χ1v) is 11.6. The number of amides is 1. The summed E-state index contributed by atoms with van der Waals surface area (Å²) < 4.78 is 11.8. The molecule has 0 radical (unpaired) electrons. The van der Waals surface area contributed by atoms with Gasteiger partial charge in [0.25, 0.3) is 5.91 Å². The molecule has 1 unspecified atom stereocenters. The number of rotatable bonds is 3. The van der Waals surface area contributed by atoms with Crippen LogP contribution in [0.1, 0.15) is 33.2 Å². The minimum atomic E-state index is -0.174. The third-order valence-electron chi connectivity index (χ3n) is 5.93. The molecule has 0 spiro atoms. The van der Waals surface area contributed by atoms with Crippen LogP contribution in [0, 0.1) is 6.92 Å². The van der Waals surface area contributed by atoms with Crippen LogP contribution in [0.15, 0.2) is 59.3 Å². The summed E-state index contributed by atoms with van der Waals surface area (Å²) in [6.07, 6.45) is -0.174. The molecule has 5 nitrogen and oxygen atoms in total. The molecule has 2 aliphatic rings. The van der Waals surface area contributed by atoms with E-state index in [4.69, 9.17) is 9.47 Å². The minimum Gasteiger partial charge on any atom is -0.483 e. The lowest BCUT2D eigenvalue weighted by atomic mass is 10.1. The van der Waals surface area contributed by atoms with Crippen molar-refractivity contribution in [3.05, 3.63) is 81.5 Å². The quantitative estimate of drug-likeness (QED) is 0.601. The number of benzene rings is 2. The molecule has 160 valence electrons. The summed E-state index contributed by atoms with van der Waals surface area (Å²) in [4.78, 5) is 17.7. The summed E-state index contributed by atoms with van der Waals surface area (Å²) >= 11 is 1.65. The molecule has 2 aliphatic heterocycles. The van der Waals surface area contributed by atoms with E-state index in [2.05, 4.69) is 40.8 Å². The van der Waals surface area contributed by atoms with E-state index in [1.165, 1.54) is 5.56 Å². The van der Waals surface area contributed by atoms with Crippen molar-refractivity contribution < 1.29 is 14.3 Å². The van der Waals surface area contributed by atoms with Crippen LogP contribution >= 0.6 is 11.3 Å². The van der Waals surface area contributed by atoms with Crippen molar-refractivity contribution in [3.8, 4) is 5.75 Å². The normalized spacial score (nSPS) is 18.8. The molecular formula is C25H26N2O3S. The fraction of sp³-hybridized carbons (Fsp3) is 0.320.